The van der Waals surface area contributed by atoms with Crippen LogP contribution in [0.3, 0.4) is 0 Å². The number of rotatable bonds is 5. The van der Waals surface area contributed by atoms with Crippen molar-refractivity contribution in [3.63, 3.8) is 0 Å². The quantitative estimate of drug-likeness (QED) is 0.637. The van der Waals surface area contributed by atoms with E-state index in [9.17, 15) is 18.4 Å². The van der Waals surface area contributed by atoms with Gasteiger partial charge in [0.25, 0.3) is 5.91 Å². The average molecular weight is 373 g/mol. The second-order valence-electron chi connectivity index (χ2n) is 7.57. The number of carbonyl (C=O) groups is 2. The van der Waals surface area contributed by atoms with Gasteiger partial charge in [0.15, 0.2) is 0 Å². The molecule has 0 radical (unpaired) electrons. The SMILES string of the molecule is CC(=O)Oc1cccc(C(=O)NCC2(c3ccc(F)cc3F)CC2(C)C)c1. The van der Waals surface area contributed by atoms with Crippen molar-refractivity contribution < 1.29 is 23.1 Å². The first-order chi connectivity index (χ1) is 12.6. The van der Waals surface area contributed by atoms with Gasteiger partial charge in [0.1, 0.15) is 17.4 Å². The minimum absolute atomic E-state index is 0.221. The molecule has 0 aliphatic heterocycles. The first-order valence-electron chi connectivity index (χ1n) is 8.67. The molecule has 6 heteroatoms. The summed E-state index contributed by atoms with van der Waals surface area (Å²) in [5, 5.41) is 2.84. The molecule has 1 fully saturated rings. The number of carbonyl (C=O) groups excluding carboxylic acids is 2. The monoisotopic (exact) mass is 373 g/mol. The van der Waals surface area contributed by atoms with E-state index in [-0.39, 0.29) is 23.6 Å². The molecule has 0 heterocycles. The molecule has 27 heavy (non-hydrogen) atoms. The van der Waals surface area contributed by atoms with E-state index in [1.807, 2.05) is 13.8 Å². The molecule has 142 valence electrons. The summed E-state index contributed by atoms with van der Waals surface area (Å²) in [5.74, 6) is -1.78. The summed E-state index contributed by atoms with van der Waals surface area (Å²) in [6.45, 7) is 5.48. The summed E-state index contributed by atoms with van der Waals surface area (Å²) in [5.41, 5.74) is -0.0725. The third-order valence-corrected chi connectivity index (χ3v) is 5.27. The molecular formula is C21H21F2NO3. The Morgan fingerprint density at radius 3 is 2.44 bits per heavy atom. The zero-order chi connectivity index (χ0) is 19.8. The number of esters is 1. The van der Waals surface area contributed by atoms with Crippen LogP contribution in [0.5, 0.6) is 5.75 Å². The summed E-state index contributed by atoms with van der Waals surface area (Å²) in [4.78, 5) is 23.6. The Labute approximate surface area is 156 Å². The smallest absolute Gasteiger partial charge is 0.308 e. The fourth-order valence-electron chi connectivity index (χ4n) is 3.64. The highest BCUT2D eigenvalue weighted by Crippen LogP contribution is 2.64. The van der Waals surface area contributed by atoms with Gasteiger partial charge in [-0.05, 0) is 41.7 Å². The number of hydrogen-bond donors (Lipinski definition) is 1. The van der Waals surface area contributed by atoms with Crippen molar-refractivity contribution in [3.8, 4) is 5.75 Å². The van der Waals surface area contributed by atoms with E-state index in [0.29, 0.717) is 17.5 Å². The van der Waals surface area contributed by atoms with Crippen molar-refractivity contribution in [2.75, 3.05) is 6.54 Å². The lowest BCUT2D eigenvalue weighted by atomic mass is 9.87. The minimum Gasteiger partial charge on any atom is -0.427 e. The van der Waals surface area contributed by atoms with Crippen LogP contribution in [-0.2, 0) is 10.2 Å². The summed E-state index contributed by atoms with van der Waals surface area (Å²) in [6.07, 6.45) is 0.677. The summed E-state index contributed by atoms with van der Waals surface area (Å²) < 4.78 is 32.6. The molecule has 2 aromatic rings. The second kappa shape index (κ2) is 6.76. The molecular weight excluding hydrogens is 352 g/mol. The van der Waals surface area contributed by atoms with Crippen LogP contribution in [0, 0.1) is 17.0 Å². The highest BCUT2D eigenvalue weighted by molar-refractivity contribution is 5.94. The zero-order valence-electron chi connectivity index (χ0n) is 15.4. The largest absolute Gasteiger partial charge is 0.427 e. The lowest BCUT2D eigenvalue weighted by Gasteiger charge is -2.22. The van der Waals surface area contributed by atoms with Crippen LogP contribution in [0.1, 0.15) is 43.1 Å². The van der Waals surface area contributed by atoms with Crippen molar-refractivity contribution in [2.45, 2.75) is 32.6 Å². The van der Waals surface area contributed by atoms with Gasteiger partial charge in [0, 0.05) is 30.5 Å². The molecule has 1 aliphatic rings. The zero-order valence-corrected chi connectivity index (χ0v) is 15.4. The van der Waals surface area contributed by atoms with Crippen LogP contribution < -0.4 is 10.1 Å². The molecule has 0 aromatic heterocycles. The molecule has 1 atom stereocenters. The Morgan fingerprint density at radius 2 is 1.85 bits per heavy atom. The van der Waals surface area contributed by atoms with Crippen LogP contribution in [0.15, 0.2) is 42.5 Å². The van der Waals surface area contributed by atoms with Gasteiger partial charge in [-0.2, -0.15) is 0 Å². The topological polar surface area (TPSA) is 55.4 Å². The van der Waals surface area contributed by atoms with Crippen LogP contribution in [0.4, 0.5) is 8.78 Å². The van der Waals surface area contributed by atoms with E-state index in [4.69, 9.17) is 4.74 Å². The third-order valence-electron chi connectivity index (χ3n) is 5.27. The number of nitrogens with one attached hydrogen (secondary N) is 1. The van der Waals surface area contributed by atoms with Gasteiger partial charge in [0.05, 0.1) is 0 Å². The van der Waals surface area contributed by atoms with Gasteiger partial charge >= 0.3 is 5.97 Å². The van der Waals surface area contributed by atoms with E-state index in [0.717, 1.165) is 6.07 Å². The molecule has 1 aliphatic carbocycles. The average Bonchev–Trinajstić information content (AvgIpc) is 3.14. The predicted molar refractivity (Wildman–Crippen MR) is 96.5 cm³/mol. The number of benzene rings is 2. The van der Waals surface area contributed by atoms with Crippen molar-refractivity contribution in [1.82, 2.24) is 5.32 Å². The van der Waals surface area contributed by atoms with Crippen LogP contribution in [0.2, 0.25) is 0 Å². The molecule has 1 N–H and O–H groups in total. The number of ether oxygens (including phenoxy) is 1. The molecule has 0 bridgehead atoms. The normalized spacial score (nSPS) is 20.0. The van der Waals surface area contributed by atoms with E-state index in [1.165, 1.54) is 25.1 Å². The van der Waals surface area contributed by atoms with Gasteiger partial charge in [-0.1, -0.05) is 26.0 Å². The summed E-state index contributed by atoms with van der Waals surface area (Å²) in [7, 11) is 0. The lowest BCUT2D eigenvalue weighted by molar-refractivity contribution is -0.131. The van der Waals surface area contributed by atoms with Gasteiger partial charge in [-0.25, -0.2) is 8.78 Å². The molecule has 1 unspecified atom stereocenters. The maximum atomic E-state index is 14.4. The molecule has 1 amide bonds. The van der Waals surface area contributed by atoms with Gasteiger partial charge in [-0.15, -0.1) is 0 Å². The lowest BCUT2D eigenvalue weighted by Crippen LogP contribution is -2.35. The Balaban J connectivity index is 1.78. The first kappa shape index (κ1) is 19.0. The van der Waals surface area contributed by atoms with Gasteiger partial charge in [0.2, 0.25) is 0 Å². The first-order valence-corrected chi connectivity index (χ1v) is 8.67. The standard InChI is InChI=1S/C21H21F2NO3/c1-13(25)27-16-6-4-5-14(9-16)19(26)24-12-21(11-20(21,2)3)17-8-7-15(22)10-18(17)23/h4-10H,11-12H2,1-3H3,(H,24,26). The molecule has 0 spiro atoms. The van der Waals surface area contributed by atoms with E-state index < -0.39 is 23.0 Å². The maximum Gasteiger partial charge on any atom is 0.308 e. The Kier molecular flexibility index (Phi) is 4.76. The van der Waals surface area contributed by atoms with Crippen molar-refractivity contribution >= 4 is 11.9 Å². The van der Waals surface area contributed by atoms with Crippen molar-refractivity contribution in [1.29, 1.82) is 0 Å². The van der Waals surface area contributed by atoms with E-state index in [2.05, 4.69) is 5.32 Å². The van der Waals surface area contributed by atoms with Crippen LogP contribution in [-0.4, -0.2) is 18.4 Å². The fourth-order valence-corrected chi connectivity index (χ4v) is 3.64. The number of amides is 1. The van der Waals surface area contributed by atoms with E-state index in [1.54, 1.807) is 18.2 Å². The Morgan fingerprint density at radius 1 is 1.15 bits per heavy atom. The number of halogens is 2. The minimum atomic E-state index is -0.629. The summed E-state index contributed by atoms with van der Waals surface area (Å²) in [6, 6.07) is 9.83. The second-order valence-corrected chi connectivity index (χ2v) is 7.57. The Bertz CT molecular complexity index is 910. The predicted octanol–water partition coefficient (Wildman–Crippen LogP) is 3.99. The molecule has 4 nitrogen and oxygen atoms in total. The maximum absolute atomic E-state index is 14.4. The van der Waals surface area contributed by atoms with Gasteiger partial charge in [-0.3, -0.25) is 9.59 Å². The fraction of sp³-hybridized carbons (Fsp3) is 0.333. The summed E-state index contributed by atoms with van der Waals surface area (Å²) >= 11 is 0. The third kappa shape index (κ3) is 3.70. The highest BCUT2D eigenvalue weighted by Gasteiger charge is 2.62. The molecule has 0 saturated heterocycles. The van der Waals surface area contributed by atoms with Crippen LogP contribution in [0.25, 0.3) is 0 Å². The van der Waals surface area contributed by atoms with Crippen molar-refractivity contribution in [2.24, 2.45) is 5.41 Å². The van der Waals surface area contributed by atoms with Crippen molar-refractivity contribution in [3.05, 3.63) is 65.2 Å². The van der Waals surface area contributed by atoms with E-state index >= 15 is 0 Å². The highest BCUT2D eigenvalue weighted by atomic mass is 19.1. The van der Waals surface area contributed by atoms with Crippen LogP contribution >= 0.6 is 0 Å². The Hall–Kier alpha value is -2.76. The van der Waals surface area contributed by atoms with Gasteiger partial charge < -0.3 is 10.1 Å². The molecule has 1 saturated carbocycles. The number of hydrogen-bond acceptors (Lipinski definition) is 3. The molecule has 3 rings (SSSR count). The molecule has 2 aromatic carbocycles.